The molecule has 0 aromatic heterocycles. The molecular weight excluding hydrogens is 262 g/mol. The minimum atomic E-state index is 0.240. The topological polar surface area (TPSA) is 30.5 Å². The summed E-state index contributed by atoms with van der Waals surface area (Å²) in [5.41, 5.74) is 6.74. The third kappa shape index (κ3) is 2.00. The van der Waals surface area contributed by atoms with Gasteiger partial charge in [0.05, 0.1) is 6.04 Å². The lowest BCUT2D eigenvalue weighted by atomic mass is 9.85. The molecule has 1 unspecified atom stereocenters. The van der Waals surface area contributed by atoms with Crippen molar-refractivity contribution in [2.45, 2.75) is 26.3 Å². The maximum atomic E-state index is 5.56. The van der Waals surface area contributed by atoms with Gasteiger partial charge in [0, 0.05) is 6.54 Å². The van der Waals surface area contributed by atoms with Crippen LogP contribution in [0.5, 0.6) is 11.5 Å². The fourth-order valence-electron chi connectivity index (χ4n) is 3.49. The molecule has 3 heteroatoms. The van der Waals surface area contributed by atoms with Gasteiger partial charge in [0.2, 0.25) is 6.79 Å². The van der Waals surface area contributed by atoms with Crippen LogP contribution in [-0.4, -0.2) is 13.3 Å². The minimum Gasteiger partial charge on any atom is -0.454 e. The van der Waals surface area contributed by atoms with E-state index in [-0.39, 0.29) is 6.04 Å². The van der Waals surface area contributed by atoms with Crippen LogP contribution in [0.15, 0.2) is 30.3 Å². The first-order valence-corrected chi connectivity index (χ1v) is 7.46. The van der Waals surface area contributed by atoms with Gasteiger partial charge in [-0.2, -0.15) is 0 Å². The predicted molar refractivity (Wildman–Crippen MR) is 82.0 cm³/mol. The van der Waals surface area contributed by atoms with Crippen LogP contribution < -0.4 is 14.8 Å². The van der Waals surface area contributed by atoms with Crippen molar-refractivity contribution in [1.29, 1.82) is 0 Å². The van der Waals surface area contributed by atoms with Gasteiger partial charge >= 0.3 is 0 Å². The Bertz CT molecular complexity index is 688. The first-order chi connectivity index (χ1) is 10.2. The van der Waals surface area contributed by atoms with E-state index in [9.17, 15) is 0 Å². The molecule has 3 nitrogen and oxygen atoms in total. The van der Waals surface area contributed by atoms with E-state index in [1.807, 2.05) is 0 Å². The average Bonchev–Trinajstić information content (AvgIpc) is 2.92. The van der Waals surface area contributed by atoms with E-state index >= 15 is 0 Å². The van der Waals surface area contributed by atoms with Crippen LogP contribution in [0, 0.1) is 13.8 Å². The summed E-state index contributed by atoms with van der Waals surface area (Å²) < 4.78 is 11.1. The van der Waals surface area contributed by atoms with E-state index in [2.05, 4.69) is 49.5 Å². The van der Waals surface area contributed by atoms with Gasteiger partial charge in [0.25, 0.3) is 0 Å². The van der Waals surface area contributed by atoms with Gasteiger partial charge in [-0.05, 0) is 60.2 Å². The fourth-order valence-corrected chi connectivity index (χ4v) is 3.49. The average molecular weight is 281 g/mol. The third-order valence-electron chi connectivity index (χ3n) is 4.52. The first kappa shape index (κ1) is 12.7. The van der Waals surface area contributed by atoms with Gasteiger partial charge in [-0.25, -0.2) is 0 Å². The van der Waals surface area contributed by atoms with E-state index in [0.29, 0.717) is 6.79 Å². The normalized spacial score (nSPS) is 19.4. The van der Waals surface area contributed by atoms with Crippen LogP contribution in [0.25, 0.3) is 0 Å². The van der Waals surface area contributed by atoms with Crippen LogP contribution in [0.4, 0.5) is 0 Å². The molecule has 2 aliphatic heterocycles. The van der Waals surface area contributed by atoms with Crippen LogP contribution in [0.2, 0.25) is 0 Å². The molecule has 0 fully saturated rings. The van der Waals surface area contributed by atoms with Crippen molar-refractivity contribution >= 4 is 0 Å². The highest BCUT2D eigenvalue weighted by molar-refractivity contribution is 5.54. The third-order valence-corrected chi connectivity index (χ3v) is 4.52. The molecule has 0 radical (unpaired) electrons. The zero-order valence-electron chi connectivity index (χ0n) is 12.4. The highest BCUT2D eigenvalue weighted by Crippen LogP contribution is 2.40. The fraction of sp³-hybridized carbons (Fsp3) is 0.333. The van der Waals surface area contributed by atoms with E-state index in [4.69, 9.17) is 9.47 Å². The van der Waals surface area contributed by atoms with E-state index in [1.54, 1.807) is 0 Å². The summed E-state index contributed by atoms with van der Waals surface area (Å²) in [4.78, 5) is 0. The Hall–Kier alpha value is -2.00. The summed E-state index contributed by atoms with van der Waals surface area (Å²) in [7, 11) is 0. The molecule has 0 saturated carbocycles. The highest BCUT2D eigenvalue weighted by atomic mass is 16.7. The molecule has 1 atom stereocenters. The van der Waals surface area contributed by atoms with Gasteiger partial charge in [-0.15, -0.1) is 0 Å². The van der Waals surface area contributed by atoms with Crippen LogP contribution >= 0.6 is 0 Å². The zero-order valence-corrected chi connectivity index (χ0v) is 12.4. The van der Waals surface area contributed by atoms with Gasteiger partial charge in [-0.3, -0.25) is 0 Å². The Kier molecular flexibility index (Phi) is 2.89. The molecule has 0 amide bonds. The molecule has 2 heterocycles. The molecule has 2 aromatic rings. The molecule has 0 spiro atoms. The van der Waals surface area contributed by atoms with Gasteiger partial charge in [0.1, 0.15) is 0 Å². The van der Waals surface area contributed by atoms with Crippen molar-refractivity contribution in [3.05, 3.63) is 58.1 Å². The summed E-state index contributed by atoms with van der Waals surface area (Å²) in [6.45, 7) is 5.70. The Morgan fingerprint density at radius 3 is 2.52 bits per heavy atom. The second-order valence-corrected chi connectivity index (χ2v) is 5.85. The molecule has 0 aliphatic carbocycles. The zero-order chi connectivity index (χ0) is 14.4. The van der Waals surface area contributed by atoms with E-state index < -0.39 is 0 Å². The van der Waals surface area contributed by atoms with E-state index in [0.717, 1.165) is 24.5 Å². The molecule has 2 aromatic carbocycles. The van der Waals surface area contributed by atoms with Crippen LogP contribution in [0.3, 0.4) is 0 Å². The van der Waals surface area contributed by atoms with Crippen molar-refractivity contribution in [3.63, 3.8) is 0 Å². The first-order valence-electron chi connectivity index (χ1n) is 7.46. The van der Waals surface area contributed by atoms with Crippen molar-refractivity contribution in [3.8, 4) is 11.5 Å². The lowest BCUT2D eigenvalue weighted by molar-refractivity contribution is 0.174. The lowest BCUT2D eigenvalue weighted by Crippen LogP contribution is -2.31. The molecule has 21 heavy (non-hydrogen) atoms. The number of nitrogens with one attached hydrogen (secondary N) is 1. The van der Waals surface area contributed by atoms with E-state index in [1.165, 1.54) is 27.8 Å². The Balaban J connectivity index is 1.87. The molecule has 1 N–H and O–H groups in total. The molecule has 108 valence electrons. The largest absolute Gasteiger partial charge is 0.454 e. The summed E-state index contributed by atoms with van der Waals surface area (Å²) in [6, 6.07) is 11.0. The second kappa shape index (κ2) is 4.78. The number of fused-ring (bicyclic) bond motifs is 2. The SMILES string of the molecule is Cc1cccc(C)c1C1NCCc2cc3c(cc21)OCO3. The monoisotopic (exact) mass is 281 g/mol. The maximum Gasteiger partial charge on any atom is 0.231 e. The number of benzene rings is 2. The predicted octanol–water partition coefficient (Wildman–Crippen LogP) is 3.27. The molecule has 2 aliphatic rings. The highest BCUT2D eigenvalue weighted by Gasteiger charge is 2.27. The molecule has 0 saturated heterocycles. The van der Waals surface area contributed by atoms with Crippen molar-refractivity contribution in [2.75, 3.05) is 13.3 Å². The van der Waals surface area contributed by atoms with Crippen molar-refractivity contribution in [1.82, 2.24) is 5.32 Å². The quantitative estimate of drug-likeness (QED) is 0.870. The Labute approximate surface area is 124 Å². The molecule has 0 bridgehead atoms. The smallest absolute Gasteiger partial charge is 0.231 e. The number of aryl methyl sites for hydroxylation is 2. The van der Waals surface area contributed by atoms with Crippen molar-refractivity contribution in [2.24, 2.45) is 0 Å². The Morgan fingerprint density at radius 1 is 1.05 bits per heavy atom. The summed E-state index contributed by atoms with van der Waals surface area (Å²) in [5, 5.41) is 3.67. The summed E-state index contributed by atoms with van der Waals surface area (Å²) in [6.07, 6.45) is 1.04. The van der Waals surface area contributed by atoms with Crippen LogP contribution in [0.1, 0.15) is 33.9 Å². The van der Waals surface area contributed by atoms with Crippen molar-refractivity contribution < 1.29 is 9.47 Å². The Morgan fingerprint density at radius 2 is 1.76 bits per heavy atom. The molecular formula is C18H19NO2. The van der Waals surface area contributed by atoms with Crippen LogP contribution in [-0.2, 0) is 6.42 Å². The summed E-state index contributed by atoms with van der Waals surface area (Å²) in [5.74, 6) is 1.75. The maximum absolute atomic E-state index is 5.56. The standard InChI is InChI=1S/C18H19NO2/c1-11-4-3-5-12(2)17(11)18-14-9-16-15(20-10-21-16)8-13(14)6-7-19-18/h3-5,8-9,18-19H,6-7,10H2,1-2H3. The second-order valence-electron chi connectivity index (χ2n) is 5.85. The van der Waals surface area contributed by atoms with Gasteiger partial charge in [-0.1, -0.05) is 18.2 Å². The lowest BCUT2D eigenvalue weighted by Gasteiger charge is -2.30. The van der Waals surface area contributed by atoms with Gasteiger partial charge in [0.15, 0.2) is 11.5 Å². The number of ether oxygens (including phenoxy) is 2. The number of hydrogen-bond donors (Lipinski definition) is 1. The molecule has 4 rings (SSSR count). The van der Waals surface area contributed by atoms with Gasteiger partial charge < -0.3 is 14.8 Å². The number of rotatable bonds is 1. The summed E-state index contributed by atoms with van der Waals surface area (Å²) >= 11 is 0. The number of hydrogen-bond acceptors (Lipinski definition) is 3. The minimum absolute atomic E-state index is 0.240.